The molecule has 1 atom stereocenters. The number of alkyl halides is 4. The molecule has 0 aliphatic heterocycles. The Balaban J connectivity index is 2.32. The Labute approximate surface area is 222 Å². The van der Waals surface area contributed by atoms with E-state index in [1.807, 2.05) is 0 Å². The number of nitrogens with one attached hydrogen (secondary N) is 1. The molecule has 0 saturated heterocycles. The van der Waals surface area contributed by atoms with Crippen molar-refractivity contribution in [1.82, 2.24) is 5.32 Å². The number of benzene rings is 3. The smallest absolute Gasteiger partial charge is 0.461 e. The summed E-state index contributed by atoms with van der Waals surface area (Å²) in [4.78, 5) is 13.1. The zero-order chi connectivity index (χ0) is 28.8. The van der Waals surface area contributed by atoms with Crippen molar-refractivity contribution in [2.45, 2.75) is 64.2 Å². The average molecular weight is 554 g/mol. The Morgan fingerprint density at radius 2 is 1.64 bits per heavy atom. The molecule has 3 aromatic rings. The van der Waals surface area contributed by atoms with Gasteiger partial charge in [0.25, 0.3) is 0 Å². The van der Waals surface area contributed by atoms with Crippen molar-refractivity contribution in [3.63, 3.8) is 0 Å². The van der Waals surface area contributed by atoms with E-state index in [4.69, 9.17) is 4.74 Å². The van der Waals surface area contributed by atoms with Crippen LogP contribution in [0.25, 0.3) is 0 Å². The van der Waals surface area contributed by atoms with E-state index in [1.165, 1.54) is 12.1 Å². The molecule has 1 unspecified atom stereocenters. The lowest BCUT2D eigenvalue weighted by Crippen LogP contribution is -2.48. The van der Waals surface area contributed by atoms with Gasteiger partial charge in [-0.1, -0.05) is 43.3 Å². The zero-order valence-corrected chi connectivity index (χ0v) is 21.6. The van der Waals surface area contributed by atoms with E-state index >= 15 is 0 Å². The third kappa shape index (κ3) is 7.46. The number of hydrogen-bond acceptors (Lipinski definition) is 3. The van der Waals surface area contributed by atoms with Gasteiger partial charge in [-0.2, -0.15) is 17.6 Å². The zero-order valence-electron chi connectivity index (χ0n) is 21.6. The second-order valence-corrected chi connectivity index (χ2v) is 9.32. The van der Waals surface area contributed by atoms with E-state index in [0.29, 0.717) is 18.1 Å². The van der Waals surface area contributed by atoms with Gasteiger partial charge in [0.2, 0.25) is 5.91 Å². The fourth-order valence-electron chi connectivity index (χ4n) is 4.17. The molecule has 39 heavy (non-hydrogen) atoms. The van der Waals surface area contributed by atoms with Crippen LogP contribution in [-0.4, -0.2) is 24.5 Å². The van der Waals surface area contributed by atoms with Gasteiger partial charge < -0.3 is 14.8 Å². The SMILES string of the molecule is CCCC(=O)NC(Cc1ccccc1)(c1cc(F)cc(OC(F)(F)C(F)F)c1)c1ccc(F)c(OC(C)C)c1. The minimum absolute atomic E-state index is 0.0375. The van der Waals surface area contributed by atoms with Gasteiger partial charge in [-0.3, -0.25) is 4.79 Å². The van der Waals surface area contributed by atoms with Crippen LogP contribution in [-0.2, 0) is 16.8 Å². The van der Waals surface area contributed by atoms with E-state index in [1.54, 1.807) is 51.1 Å². The monoisotopic (exact) mass is 553 g/mol. The van der Waals surface area contributed by atoms with Gasteiger partial charge in [0, 0.05) is 18.9 Å². The molecule has 1 amide bonds. The number of ether oxygens (including phenoxy) is 2. The average Bonchev–Trinajstić information content (AvgIpc) is 2.84. The Morgan fingerprint density at radius 1 is 0.949 bits per heavy atom. The first kappa shape index (κ1) is 29.9. The fraction of sp³-hybridized carbons (Fsp3) is 0.345. The molecule has 3 rings (SSSR count). The third-order valence-corrected chi connectivity index (χ3v) is 5.80. The van der Waals surface area contributed by atoms with E-state index in [0.717, 1.165) is 18.2 Å². The van der Waals surface area contributed by atoms with Gasteiger partial charge in [-0.05, 0) is 61.2 Å². The molecule has 0 spiro atoms. The second kappa shape index (κ2) is 12.4. The summed E-state index contributed by atoms with van der Waals surface area (Å²) in [6.07, 6.45) is -9.00. The van der Waals surface area contributed by atoms with E-state index in [9.17, 15) is 31.1 Å². The molecule has 0 bridgehead atoms. The number of rotatable bonds is 12. The van der Waals surface area contributed by atoms with Crippen LogP contribution in [0, 0.1) is 11.6 Å². The summed E-state index contributed by atoms with van der Waals surface area (Å²) >= 11 is 0. The Hall–Kier alpha value is -3.69. The maximum Gasteiger partial charge on any atom is 0.461 e. The van der Waals surface area contributed by atoms with Crippen LogP contribution in [0.3, 0.4) is 0 Å². The number of amides is 1. The first-order chi connectivity index (χ1) is 18.4. The van der Waals surface area contributed by atoms with E-state index in [2.05, 4.69) is 10.1 Å². The maximum atomic E-state index is 14.9. The molecular weight excluding hydrogens is 524 g/mol. The summed E-state index contributed by atoms with van der Waals surface area (Å²) in [6, 6.07) is 15.0. The van der Waals surface area contributed by atoms with Crippen molar-refractivity contribution in [3.8, 4) is 11.5 Å². The van der Waals surface area contributed by atoms with Gasteiger partial charge in [0.1, 0.15) is 11.6 Å². The molecule has 210 valence electrons. The lowest BCUT2D eigenvalue weighted by Gasteiger charge is -2.37. The Kier molecular flexibility index (Phi) is 9.53. The van der Waals surface area contributed by atoms with Crippen molar-refractivity contribution < 1.29 is 40.6 Å². The molecule has 0 aliphatic rings. The Morgan fingerprint density at radius 3 is 2.26 bits per heavy atom. The molecule has 0 aliphatic carbocycles. The summed E-state index contributed by atoms with van der Waals surface area (Å²) in [7, 11) is 0. The highest BCUT2D eigenvalue weighted by molar-refractivity contribution is 5.78. The number of halogens is 6. The molecule has 3 aromatic carbocycles. The first-order valence-corrected chi connectivity index (χ1v) is 12.3. The molecule has 0 saturated carbocycles. The summed E-state index contributed by atoms with van der Waals surface area (Å²) < 4.78 is 92.6. The Bertz CT molecular complexity index is 1270. The molecule has 0 heterocycles. The van der Waals surface area contributed by atoms with Crippen molar-refractivity contribution in [2.75, 3.05) is 0 Å². The normalized spacial score (nSPS) is 13.3. The van der Waals surface area contributed by atoms with Crippen LogP contribution in [0.15, 0.2) is 66.7 Å². The fourth-order valence-corrected chi connectivity index (χ4v) is 4.17. The van der Waals surface area contributed by atoms with Gasteiger partial charge in [0.15, 0.2) is 11.6 Å². The highest BCUT2D eigenvalue weighted by atomic mass is 19.3. The van der Waals surface area contributed by atoms with Crippen LogP contribution >= 0.6 is 0 Å². The minimum Gasteiger partial charge on any atom is -0.488 e. The number of carbonyl (C=O) groups is 1. The molecule has 0 aromatic heterocycles. The number of hydrogen-bond donors (Lipinski definition) is 1. The summed E-state index contributed by atoms with van der Waals surface area (Å²) in [5.74, 6) is -3.26. The minimum atomic E-state index is -4.90. The molecule has 0 fully saturated rings. The molecule has 10 heteroatoms. The second-order valence-electron chi connectivity index (χ2n) is 9.32. The first-order valence-electron chi connectivity index (χ1n) is 12.3. The standard InChI is InChI=1S/C29H29F6NO3/c1-4-8-26(37)36-28(17-19-9-6-5-7-10-19,20-11-12-24(31)25(15-20)38-18(2)3)21-13-22(30)16-23(14-21)39-29(34,35)27(32)33/h5-7,9-16,18,27H,4,8,17H2,1-3H3,(H,36,37). The van der Waals surface area contributed by atoms with Gasteiger partial charge >= 0.3 is 12.5 Å². The predicted octanol–water partition coefficient (Wildman–Crippen LogP) is 7.39. The molecule has 4 nitrogen and oxygen atoms in total. The maximum absolute atomic E-state index is 14.9. The van der Waals surface area contributed by atoms with Gasteiger partial charge in [-0.15, -0.1) is 0 Å². The van der Waals surface area contributed by atoms with Crippen LogP contribution in [0.1, 0.15) is 50.3 Å². The summed E-state index contributed by atoms with van der Waals surface area (Å²) in [5, 5.41) is 2.88. The van der Waals surface area contributed by atoms with Crippen LogP contribution in [0.5, 0.6) is 11.5 Å². The van der Waals surface area contributed by atoms with Gasteiger partial charge in [-0.25, -0.2) is 8.78 Å². The summed E-state index contributed by atoms with van der Waals surface area (Å²) in [5.41, 5.74) is -0.867. The van der Waals surface area contributed by atoms with Gasteiger partial charge in [0.05, 0.1) is 11.6 Å². The van der Waals surface area contributed by atoms with Crippen molar-refractivity contribution >= 4 is 5.91 Å². The van der Waals surface area contributed by atoms with Crippen molar-refractivity contribution in [3.05, 3.63) is 95.1 Å². The van der Waals surface area contributed by atoms with Crippen molar-refractivity contribution in [2.24, 2.45) is 0 Å². The number of carbonyl (C=O) groups excluding carboxylic acids is 1. The highest BCUT2D eigenvalue weighted by Gasteiger charge is 2.45. The van der Waals surface area contributed by atoms with E-state index in [-0.39, 0.29) is 29.7 Å². The largest absolute Gasteiger partial charge is 0.488 e. The third-order valence-electron chi connectivity index (χ3n) is 5.80. The van der Waals surface area contributed by atoms with Crippen LogP contribution < -0.4 is 14.8 Å². The lowest BCUT2D eigenvalue weighted by atomic mass is 9.77. The van der Waals surface area contributed by atoms with E-state index < -0.39 is 47.5 Å². The molecular formula is C29H29F6NO3. The molecule has 1 N–H and O–H groups in total. The summed E-state index contributed by atoms with van der Waals surface area (Å²) in [6.45, 7) is 5.14. The quantitative estimate of drug-likeness (QED) is 0.238. The van der Waals surface area contributed by atoms with Crippen LogP contribution in [0.4, 0.5) is 26.3 Å². The predicted molar refractivity (Wildman–Crippen MR) is 134 cm³/mol. The molecule has 0 radical (unpaired) electrons. The van der Waals surface area contributed by atoms with Crippen molar-refractivity contribution in [1.29, 1.82) is 0 Å². The van der Waals surface area contributed by atoms with Crippen LogP contribution in [0.2, 0.25) is 0 Å². The lowest BCUT2D eigenvalue weighted by molar-refractivity contribution is -0.253. The topological polar surface area (TPSA) is 47.6 Å². The highest BCUT2D eigenvalue weighted by Crippen LogP contribution is 2.39.